The molecule has 3 rings (SSSR count). The molecule has 7 nitrogen and oxygen atoms in total. The zero-order valence-corrected chi connectivity index (χ0v) is 18.5. The minimum atomic E-state index is -3.99. The van der Waals surface area contributed by atoms with Gasteiger partial charge >= 0.3 is 0 Å². The smallest absolute Gasteiger partial charge is 0.264 e. The number of benzene rings is 2. The fourth-order valence-corrected chi connectivity index (χ4v) is 4.76. The lowest BCUT2D eigenvalue weighted by Gasteiger charge is -2.34. The third-order valence-electron chi connectivity index (χ3n) is 5.28. The van der Waals surface area contributed by atoms with Crippen molar-refractivity contribution in [1.29, 1.82) is 0 Å². The van der Waals surface area contributed by atoms with Crippen molar-refractivity contribution < 1.29 is 18.0 Å². The van der Waals surface area contributed by atoms with Gasteiger partial charge in [0, 0.05) is 31.2 Å². The number of nitrogens with zero attached hydrogens (tertiary/aromatic N) is 3. The Morgan fingerprint density at radius 2 is 1.67 bits per heavy atom. The molecule has 1 aliphatic heterocycles. The Morgan fingerprint density at radius 1 is 1.03 bits per heavy atom. The fourth-order valence-electron chi connectivity index (χ4n) is 3.23. The van der Waals surface area contributed by atoms with Crippen LogP contribution in [0.2, 0.25) is 5.02 Å². The number of carbonyl (C=O) groups is 2. The van der Waals surface area contributed by atoms with Gasteiger partial charge in [-0.15, -0.1) is 0 Å². The topological polar surface area (TPSA) is 78.0 Å². The SMILES string of the molecule is Cc1ccc(N(CC(=O)N2CCN(C=O)CC2)S(=O)(=O)c2ccc(Cl)cc2)cc1C. The second-order valence-corrected chi connectivity index (χ2v) is 9.56. The van der Waals surface area contributed by atoms with E-state index in [2.05, 4.69) is 0 Å². The highest BCUT2D eigenvalue weighted by Gasteiger charge is 2.30. The van der Waals surface area contributed by atoms with Crippen LogP contribution in [-0.2, 0) is 19.6 Å². The van der Waals surface area contributed by atoms with E-state index in [1.54, 1.807) is 21.9 Å². The number of hydrogen-bond acceptors (Lipinski definition) is 4. The molecule has 2 amide bonds. The van der Waals surface area contributed by atoms with E-state index in [-0.39, 0.29) is 17.3 Å². The van der Waals surface area contributed by atoms with Gasteiger partial charge in [-0.25, -0.2) is 8.42 Å². The Kier molecular flexibility index (Phi) is 6.67. The molecule has 30 heavy (non-hydrogen) atoms. The molecule has 0 N–H and O–H groups in total. The number of carbonyl (C=O) groups excluding carboxylic acids is 2. The van der Waals surface area contributed by atoms with Crippen molar-refractivity contribution in [2.45, 2.75) is 18.7 Å². The predicted octanol–water partition coefficient (Wildman–Crippen LogP) is 2.45. The first-order valence-corrected chi connectivity index (χ1v) is 11.4. The van der Waals surface area contributed by atoms with Crippen molar-refractivity contribution in [2.75, 3.05) is 37.0 Å². The molecular formula is C21H24ClN3O4S. The standard InChI is InChI=1S/C21H24ClN3O4S/c1-16-3-6-19(13-17(16)2)25(30(28,29)20-7-4-18(22)5-8-20)14-21(27)24-11-9-23(15-26)10-12-24/h3-8,13,15H,9-12,14H2,1-2H3. The number of hydrogen-bond donors (Lipinski definition) is 0. The molecule has 160 valence electrons. The van der Waals surface area contributed by atoms with Crippen LogP contribution in [-0.4, -0.2) is 63.3 Å². The number of anilines is 1. The Hall–Kier alpha value is -2.58. The number of halogens is 1. The third kappa shape index (κ3) is 4.76. The molecular weight excluding hydrogens is 426 g/mol. The predicted molar refractivity (Wildman–Crippen MR) is 116 cm³/mol. The Balaban J connectivity index is 1.93. The van der Waals surface area contributed by atoms with Gasteiger partial charge in [0.1, 0.15) is 6.54 Å². The lowest BCUT2D eigenvalue weighted by atomic mass is 10.1. The molecule has 0 aliphatic carbocycles. The van der Waals surface area contributed by atoms with E-state index in [0.717, 1.165) is 21.8 Å². The van der Waals surface area contributed by atoms with Crippen LogP contribution < -0.4 is 4.31 Å². The van der Waals surface area contributed by atoms with Crippen molar-refractivity contribution >= 4 is 39.6 Å². The molecule has 0 radical (unpaired) electrons. The van der Waals surface area contributed by atoms with Crippen LogP contribution in [0.25, 0.3) is 0 Å². The Morgan fingerprint density at radius 3 is 2.23 bits per heavy atom. The number of rotatable bonds is 6. The van der Waals surface area contributed by atoms with Gasteiger partial charge in [-0.1, -0.05) is 17.7 Å². The summed E-state index contributed by atoms with van der Waals surface area (Å²) in [6.07, 6.45) is 0.758. The molecule has 0 bridgehead atoms. The summed E-state index contributed by atoms with van der Waals surface area (Å²) in [4.78, 5) is 27.1. The van der Waals surface area contributed by atoms with Gasteiger partial charge in [-0.05, 0) is 61.4 Å². The molecule has 1 heterocycles. The fraction of sp³-hybridized carbons (Fsp3) is 0.333. The normalized spacial score (nSPS) is 14.5. The summed E-state index contributed by atoms with van der Waals surface area (Å²) in [5, 5.41) is 0.427. The maximum absolute atomic E-state index is 13.4. The van der Waals surface area contributed by atoms with Crippen LogP contribution in [0.5, 0.6) is 0 Å². The van der Waals surface area contributed by atoms with E-state index in [4.69, 9.17) is 11.6 Å². The summed E-state index contributed by atoms with van der Waals surface area (Å²) in [5.41, 5.74) is 2.38. The molecule has 2 aromatic rings. The van der Waals surface area contributed by atoms with Crippen LogP contribution in [0.1, 0.15) is 11.1 Å². The summed E-state index contributed by atoms with van der Waals surface area (Å²) in [6, 6.07) is 11.2. The average Bonchev–Trinajstić information content (AvgIpc) is 2.74. The monoisotopic (exact) mass is 449 g/mol. The number of sulfonamides is 1. The summed E-state index contributed by atoms with van der Waals surface area (Å²) < 4.78 is 28.0. The van der Waals surface area contributed by atoms with Gasteiger partial charge in [0.15, 0.2) is 0 Å². The minimum Gasteiger partial charge on any atom is -0.342 e. The quantitative estimate of drug-likeness (QED) is 0.634. The Bertz CT molecular complexity index is 1030. The van der Waals surface area contributed by atoms with Gasteiger partial charge < -0.3 is 9.80 Å². The van der Waals surface area contributed by atoms with E-state index in [1.807, 2.05) is 19.9 Å². The van der Waals surface area contributed by atoms with Gasteiger partial charge in [-0.2, -0.15) is 0 Å². The molecule has 0 atom stereocenters. The zero-order valence-electron chi connectivity index (χ0n) is 16.9. The van der Waals surface area contributed by atoms with Crippen molar-refractivity contribution in [1.82, 2.24) is 9.80 Å². The second kappa shape index (κ2) is 9.06. The average molecular weight is 450 g/mol. The second-order valence-electron chi connectivity index (χ2n) is 7.26. The maximum atomic E-state index is 13.4. The van der Waals surface area contributed by atoms with Crippen LogP contribution in [0.3, 0.4) is 0 Å². The van der Waals surface area contributed by atoms with Crippen molar-refractivity contribution in [3.63, 3.8) is 0 Å². The van der Waals surface area contributed by atoms with Crippen LogP contribution in [0.4, 0.5) is 5.69 Å². The highest BCUT2D eigenvalue weighted by Crippen LogP contribution is 2.27. The van der Waals surface area contributed by atoms with Crippen LogP contribution in [0, 0.1) is 13.8 Å². The van der Waals surface area contributed by atoms with Gasteiger partial charge in [0.05, 0.1) is 10.6 Å². The summed E-state index contributed by atoms with van der Waals surface area (Å²) in [5.74, 6) is -0.309. The highest BCUT2D eigenvalue weighted by molar-refractivity contribution is 7.92. The molecule has 0 unspecified atom stereocenters. The van der Waals surface area contributed by atoms with Gasteiger partial charge in [-0.3, -0.25) is 13.9 Å². The van der Waals surface area contributed by atoms with Crippen LogP contribution in [0.15, 0.2) is 47.4 Å². The van der Waals surface area contributed by atoms with E-state index >= 15 is 0 Å². The Labute approximate surface area is 181 Å². The largest absolute Gasteiger partial charge is 0.342 e. The lowest BCUT2D eigenvalue weighted by molar-refractivity contribution is -0.133. The molecule has 9 heteroatoms. The van der Waals surface area contributed by atoms with E-state index in [1.165, 1.54) is 24.3 Å². The van der Waals surface area contributed by atoms with E-state index in [0.29, 0.717) is 36.9 Å². The number of piperazine rings is 1. The molecule has 0 saturated carbocycles. The maximum Gasteiger partial charge on any atom is 0.264 e. The van der Waals surface area contributed by atoms with E-state index in [9.17, 15) is 18.0 Å². The summed E-state index contributed by atoms with van der Waals surface area (Å²) >= 11 is 5.91. The number of amides is 2. The molecule has 1 saturated heterocycles. The minimum absolute atomic E-state index is 0.0590. The van der Waals surface area contributed by atoms with Crippen LogP contribution >= 0.6 is 11.6 Å². The van der Waals surface area contributed by atoms with E-state index < -0.39 is 10.0 Å². The third-order valence-corrected chi connectivity index (χ3v) is 7.32. The number of aryl methyl sites for hydroxylation is 2. The zero-order chi connectivity index (χ0) is 21.9. The van der Waals surface area contributed by atoms with Crippen molar-refractivity contribution in [2.24, 2.45) is 0 Å². The van der Waals surface area contributed by atoms with Crippen molar-refractivity contribution in [3.8, 4) is 0 Å². The summed E-state index contributed by atoms with van der Waals surface area (Å²) in [7, 11) is -3.99. The molecule has 0 spiro atoms. The van der Waals surface area contributed by atoms with Gasteiger partial charge in [0.25, 0.3) is 10.0 Å². The first-order chi connectivity index (χ1) is 14.2. The molecule has 1 fully saturated rings. The first kappa shape index (κ1) is 22.1. The molecule has 2 aromatic carbocycles. The summed E-state index contributed by atoms with van der Waals surface area (Å²) in [6.45, 7) is 5.13. The van der Waals surface area contributed by atoms with Gasteiger partial charge in [0.2, 0.25) is 12.3 Å². The first-order valence-electron chi connectivity index (χ1n) is 9.55. The molecule has 1 aliphatic rings. The van der Waals surface area contributed by atoms with Crippen molar-refractivity contribution in [3.05, 3.63) is 58.6 Å². The molecule has 0 aromatic heterocycles. The lowest BCUT2D eigenvalue weighted by Crippen LogP contribution is -2.51. The highest BCUT2D eigenvalue weighted by atomic mass is 35.5.